The summed E-state index contributed by atoms with van der Waals surface area (Å²) in [5, 5.41) is 19.9. The quantitative estimate of drug-likeness (QED) is 0.730. The zero-order valence-electron chi connectivity index (χ0n) is 14.5. The van der Waals surface area contributed by atoms with E-state index < -0.39 is 5.60 Å². The van der Waals surface area contributed by atoms with Crippen LogP contribution in [0.3, 0.4) is 0 Å². The van der Waals surface area contributed by atoms with Gasteiger partial charge in [-0.25, -0.2) is 4.79 Å². The molecule has 1 heterocycles. The molecule has 0 unspecified atom stereocenters. The molecule has 0 saturated carbocycles. The van der Waals surface area contributed by atoms with E-state index in [2.05, 4.69) is 15.7 Å². The number of benzene rings is 1. The molecule has 0 aliphatic heterocycles. The summed E-state index contributed by atoms with van der Waals surface area (Å²) < 4.78 is 1.88. The van der Waals surface area contributed by atoms with Gasteiger partial charge in [-0.05, 0) is 43.0 Å². The first-order chi connectivity index (χ1) is 11.4. The van der Waals surface area contributed by atoms with Crippen LogP contribution in [0.4, 0.5) is 10.5 Å². The van der Waals surface area contributed by atoms with E-state index in [1.807, 2.05) is 62.1 Å². The molecule has 24 heavy (non-hydrogen) atoms. The Hall–Kier alpha value is -2.34. The Labute approximate surface area is 142 Å². The van der Waals surface area contributed by atoms with Gasteiger partial charge in [0.25, 0.3) is 0 Å². The van der Waals surface area contributed by atoms with Crippen molar-refractivity contribution >= 4 is 11.7 Å². The van der Waals surface area contributed by atoms with Crippen molar-refractivity contribution in [3.05, 3.63) is 47.8 Å². The summed E-state index contributed by atoms with van der Waals surface area (Å²) in [5.41, 5.74) is 2.10. The minimum absolute atomic E-state index is 0.239. The largest absolute Gasteiger partial charge is 0.388 e. The average molecular weight is 330 g/mol. The van der Waals surface area contributed by atoms with Crippen LogP contribution in [0.1, 0.15) is 37.8 Å². The Kier molecular flexibility index (Phi) is 5.98. The standard InChI is InChI=1S/C18H26N4O2/c1-4-18(24,5-2)13-19-17(23)21-16-8-6-15(7-9-16)12-22-11-14(3)10-20-22/h6-11,24H,4-5,12-13H2,1-3H3,(H2,19,21,23). The highest BCUT2D eigenvalue weighted by atomic mass is 16.3. The predicted octanol–water partition coefficient (Wildman–Crippen LogP) is 2.91. The van der Waals surface area contributed by atoms with E-state index in [0.29, 0.717) is 25.1 Å². The summed E-state index contributed by atoms with van der Waals surface area (Å²) in [4.78, 5) is 11.9. The topological polar surface area (TPSA) is 79.2 Å². The van der Waals surface area contributed by atoms with Crippen LogP contribution in [0.5, 0.6) is 0 Å². The molecular formula is C18H26N4O2. The molecule has 0 atom stereocenters. The first-order valence-corrected chi connectivity index (χ1v) is 8.29. The van der Waals surface area contributed by atoms with Gasteiger partial charge in [-0.15, -0.1) is 0 Å². The number of hydrogen-bond donors (Lipinski definition) is 3. The molecule has 6 heteroatoms. The number of aryl methyl sites for hydroxylation is 1. The van der Waals surface area contributed by atoms with E-state index in [9.17, 15) is 9.90 Å². The fourth-order valence-corrected chi connectivity index (χ4v) is 2.35. The Morgan fingerprint density at radius 1 is 1.25 bits per heavy atom. The minimum Gasteiger partial charge on any atom is -0.388 e. The summed E-state index contributed by atoms with van der Waals surface area (Å²) in [5.74, 6) is 0. The summed E-state index contributed by atoms with van der Waals surface area (Å²) in [6, 6.07) is 7.32. The molecule has 130 valence electrons. The first-order valence-electron chi connectivity index (χ1n) is 8.29. The van der Waals surface area contributed by atoms with Gasteiger partial charge >= 0.3 is 6.03 Å². The van der Waals surface area contributed by atoms with Crippen molar-refractivity contribution in [3.8, 4) is 0 Å². The third-order valence-corrected chi connectivity index (χ3v) is 4.21. The van der Waals surface area contributed by atoms with Crippen LogP contribution in [0.15, 0.2) is 36.7 Å². The molecule has 0 fully saturated rings. The van der Waals surface area contributed by atoms with Gasteiger partial charge in [0.15, 0.2) is 0 Å². The van der Waals surface area contributed by atoms with Crippen LogP contribution in [0.2, 0.25) is 0 Å². The van der Waals surface area contributed by atoms with Crippen LogP contribution < -0.4 is 10.6 Å². The van der Waals surface area contributed by atoms with Gasteiger partial charge in [0, 0.05) is 18.4 Å². The van der Waals surface area contributed by atoms with Crippen LogP contribution in [0, 0.1) is 6.92 Å². The predicted molar refractivity (Wildman–Crippen MR) is 95.1 cm³/mol. The molecule has 0 saturated heterocycles. The van der Waals surface area contributed by atoms with Crippen molar-refractivity contribution in [1.82, 2.24) is 15.1 Å². The van der Waals surface area contributed by atoms with Crippen molar-refractivity contribution in [3.63, 3.8) is 0 Å². The SMILES string of the molecule is CCC(O)(CC)CNC(=O)Nc1ccc(Cn2cc(C)cn2)cc1. The third-order valence-electron chi connectivity index (χ3n) is 4.21. The molecule has 0 bridgehead atoms. The molecule has 2 rings (SSSR count). The summed E-state index contributed by atoms with van der Waals surface area (Å²) in [6.45, 7) is 6.75. The third kappa shape index (κ3) is 5.09. The Balaban J connectivity index is 1.86. The van der Waals surface area contributed by atoms with Gasteiger partial charge in [-0.2, -0.15) is 5.10 Å². The zero-order valence-corrected chi connectivity index (χ0v) is 14.5. The van der Waals surface area contributed by atoms with Crippen LogP contribution in [0.25, 0.3) is 0 Å². The van der Waals surface area contributed by atoms with E-state index in [0.717, 1.165) is 11.1 Å². The average Bonchev–Trinajstić information content (AvgIpc) is 2.99. The monoisotopic (exact) mass is 330 g/mol. The van der Waals surface area contributed by atoms with Gasteiger partial charge in [0.1, 0.15) is 0 Å². The molecule has 6 nitrogen and oxygen atoms in total. The number of urea groups is 1. The van der Waals surface area contributed by atoms with Crippen LogP contribution >= 0.6 is 0 Å². The molecule has 2 aromatic rings. The van der Waals surface area contributed by atoms with Gasteiger partial charge < -0.3 is 15.7 Å². The molecule has 3 N–H and O–H groups in total. The molecule has 0 spiro atoms. The van der Waals surface area contributed by atoms with Gasteiger partial charge in [-0.1, -0.05) is 26.0 Å². The first kappa shape index (κ1) is 18.0. The zero-order chi connectivity index (χ0) is 17.6. The highest BCUT2D eigenvalue weighted by Crippen LogP contribution is 2.14. The minimum atomic E-state index is -0.844. The van der Waals surface area contributed by atoms with Crippen molar-refractivity contribution in [2.45, 2.75) is 45.8 Å². The second-order valence-electron chi connectivity index (χ2n) is 6.15. The number of nitrogens with one attached hydrogen (secondary N) is 2. The molecule has 2 amide bonds. The smallest absolute Gasteiger partial charge is 0.319 e. The fraction of sp³-hybridized carbons (Fsp3) is 0.444. The Morgan fingerprint density at radius 2 is 1.92 bits per heavy atom. The van der Waals surface area contributed by atoms with Gasteiger partial charge in [-0.3, -0.25) is 4.68 Å². The van der Waals surface area contributed by atoms with Crippen molar-refractivity contribution in [2.24, 2.45) is 0 Å². The number of amides is 2. The summed E-state index contributed by atoms with van der Waals surface area (Å²) >= 11 is 0. The lowest BCUT2D eigenvalue weighted by molar-refractivity contribution is 0.0354. The molecule has 0 radical (unpaired) electrons. The molecule has 0 aliphatic carbocycles. The van der Waals surface area contributed by atoms with Crippen molar-refractivity contribution < 1.29 is 9.90 Å². The maximum Gasteiger partial charge on any atom is 0.319 e. The van der Waals surface area contributed by atoms with Crippen molar-refractivity contribution in [2.75, 3.05) is 11.9 Å². The van der Waals surface area contributed by atoms with Crippen molar-refractivity contribution in [1.29, 1.82) is 0 Å². The number of aromatic nitrogens is 2. The lowest BCUT2D eigenvalue weighted by Gasteiger charge is -2.25. The lowest BCUT2D eigenvalue weighted by atomic mass is 9.98. The van der Waals surface area contributed by atoms with Crippen LogP contribution in [-0.4, -0.2) is 33.1 Å². The Bertz CT molecular complexity index is 660. The van der Waals surface area contributed by atoms with E-state index in [-0.39, 0.29) is 12.6 Å². The second-order valence-corrected chi connectivity index (χ2v) is 6.15. The number of anilines is 1. The normalized spacial score (nSPS) is 11.3. The maximum absolute atomic E-state index is 11.9. The maximum atomic E-state index is 11.9. The number of nitrogens with zero attached hydrogens (tertiary/aromatic N) is 2. The number of hydrogen-bond acceptors (Lipinski definition) is 3. The Morgan fingerprint density at radius 3 is 2.46 bits per heavy atom. The second kappa shape index (κ2) is 7.97. The number of aliphatic hydroxyl groups is 1. The summed E-state index contributed by atoms with van der Waals surface area (Å²) in [7, 11) is 0. The highest BCUT2D eigenvalue weighted by molar-refractivity contribution is 5.89. The van der Waals surface area contributed by atoms with E-state index in [1.165, 1.54) is 0 Å². The van der Waals surface area contributed by atoms with Crippen LogP contribution in [-0.2, 0) is 6.54 Å². The van der Waals surface area contributed by atoms with E-state index in [4.69, 9.17) is 0 Å². The summed E-state index contributed by atoms with van der Waals surface area (Å²) in [6.07, 6.45) is 5.02. The number of carbonyl (C=O) groups excluding carboxylic acids is 1. The van der Waals surface area contributed by atoms with Gasteiger partial charge in [0.2, 0.25) is 0 Å². The fourth-order valence-electron chi connectivity index (χ4n) is 2.35. The van der Waals surface area contributed by atoms with E-state index >= 15 is 0 Å². The molecule has 1 aromatic heterocycles. The van der Waals surface area contributed by atoms with Gasteiger partial charge in [0.05, 0.1) is 18.3 Å². The molecule has 1 aromatic carbocycles. The molecular weight excluding hydrogens is 304 g/mol. The number of carbonyl (C=O) groups is 1. The molecule has 0 aliphatic rings. The number of rotatable bonds is 7. The van der Waals surface area contributed by atoms with E-state index in [1.54, 1.807) is 0 Å². The highest BCUT2D eigenvalue weighted by Gasteiger charge is 2.22. The lowest BCUT2D eigenvalue weighted by Crippen LogP contribution is -2.43.